The largest absolute Gasteiger partial charge is 0.494 e. The quantitative estimate of drug-likeness (QED) is 0.302. The molecule has 0 spiro atoms. The van der Waals surface area contributed by atoms with E-state index in [9.17, 15) is 9.59 Å². The molecule has 0 fully saturated rings. The van der Waals surface area contributed by atoms with Gasteiger partial charge in [0.15, 0.2) is 0 Å². The summed E-state index contributed by atoms with van der Waals surface area (Å²) in [6.45, 7) is 12.7. The van der Waals surface area contributed by atoms with E-state index in [0.29, 0.717) is 31.1 Å². The van der Waals surface area contributed by atoms with Crippen molar-refractivity contribution in [3.05, 3.63) is 29.8 Å². The molecule has 0 aliphatic rings. The van der Waals surface area contributed by atoms with Gasteiger partial charge < -0.3 is 4.74 Å². The molecule has 1 rings (SSSR count). The molecule has 0 saturated carbocycles. The maximum absolute atomic E-state index is 12.2. The van der Waals surface area contributed by atoms with Crippen LogP contribution in [0.4, 0.5) is 0 Å². The average molecular weight is 407 g/mol. The van der Waals surface area contributed by atoms with Gasteiger partial charge in [-0.25, -0.2) is 5.43 Å². The predicted molar refractivity (Wildman–Crippen MR) is 118 cm³/mol. The smallest absolute Gasteiger partial charge is 0.241 e. The van der Waals surface area contributed by atoms with Crippen LogP contribution in [-0.2, 0) is 9.59 Å². The number of carbonyl (C=O) groups is 2. The molecule has 1 aromatic carbocycles. The van der Waals surface area contributed by atoms with Crippen LogP contribution in [0, 0.1) is 0 Å². The van der Waals surface area contributed by atoms with Gasteiger partial charge in [0.25, 0.3) is 0 Å². The van der Waals surface area contributed by atoms with Crippen LogP contribution >= 0.6 is 11.8 Å². The van der Waals surface area contributed by atoms with Crippen molar-refractivity contribution in [1.29, 1.82) is 0 Å². The molecule has 1 amide bonds. The van der Waals surface area contributed by atoms with Crippen molar-refractivity contribution in [2.24, 2.45) is 5.10 Å². The molecule has 1 N–H and O–H groups in total. The summed E-state index contributed by atoms with van der Waals surface area (Å²) in [5.41, 5.74) is 4.31. The second-order valence-corrected chi connectivity index (χ2v) is 9.99. The van der Waals surface area contributed by atoms with E-state index in [1.807, 2.05) is 38.1 Å². The summed E-state index contributed by atoms with van der Waals surface area (Å²) in [6.07, 6.45) is 2.29. The van der Waals surface area contributed by atoms with Gasteiger partial charge in [-0.05, 0) is 48.4 Å². The van der Waals surface area contributed by atoms with Gasteiger partial charge >= 0.3 is 0 Å². The SMILES string of the molecule is CCC(=O)CCCOc1ccc(/C(C)=N/NC(=O)CC(C)(C)SC(C)C)cc1. The van der Waals surface area contributed by atoms with Gasteiger partial charge in [-0.3, -0.25) is 9.59 Å². The van der Waals surface area contributed by atoms with Crippen LogP contribution in [-0.4, -0.2) is 34.0 Å². The fraction of sp³-hybridized carbons (Fsp3) is 0.591. The second-order valence-electron chi connectivity index (χ2n) is 7.70. The van der Waals surface area contributed by atoms with Gasteiger partial charge in [0.05, 0.1) is 12.3 Å². The first-order valence-corrected chi connectivity index (χ1v) is 10.8. The fourth-order valence-electron chi connectivity index (χ4n) is 2.75. The highest BCUT2D eigenvalue weighted by Gasteiger charge is 2.23. The van der Waals surface area contributed by atoms with Crippen molar-refractivity contribution in [2.45, 2.75) is 77.2 Å². The van der Waals surface area contributed by atoms with E-state index >= 15 is 0 Å². The molecule has 0 atom stereocenters. The maximum Gasteiger partial charge on any atom is 0.241 e. The Hall–Kier alpha value is -1.82. The van der Waals surface area contributed by atoms with Crippen LogP contribution in [0.15, 0.2) is 29.4 Å². The molecule has 0 aliphatic carbocycles. The minimum atomic E-state index is -0.123. The zero-order valence-electron chi connectivity index (χ0n) is 18.0. The first-order chi connectivity index (χ1) is 13.1. The van der Waals surface area contributed by atoms with E-state index in [-0.39, 0.29) is 16.4 Å². The molecule has 0 aromatic heterocycles. The minimum absolute atomic E-state index is 0.0842. The number of ketones is 1. The molecule has 28 heavy (non-hydrogen) atoms. The summed E-state index contributed by atoms with van der Waals surface area (Å²) < 4.78 is 5.53. The third-order valence-corrected chi connectivity index (χ3v) is 5.28. The van der Waals surface area contributed by atoms with Crippen molar-refractivity contribution in [2.75, 3.05) is 6.61 Å². The van der Waals surface area contributed by atoms with Crippen LogP contribution in [0.5, 0.6) is 5.75 Å². The molecule has 0 saturated heterocycles. The van der Waals surface area contributed by atoms with Crippen molar-refractivity contribution < 1.29 is 14.3 Å². The Morgan fingerprint density at radius 1 is 1.21 bits per heavy atom. The monoisotopic (exact) mass is 406 g/mol. The van der Waals surface area contributed by atoms with Gasteiger partial charge in [-0.2, -0.15) is 16.9 Å². The van der Waals surface area contributed by atoms with Crippen LogP contribution < -0.4 is 10.2 Å². The molecule has 1 aromatic rings. The van der Waals surface area contributed by atoms with E-state index in [2.05, 4.69) is 38.2 Å². The van der Waals surface area contributed by atoms with Crippen LogP contribution in [0.3, 0.4) is 0 Å². The Morgan fingerprint density at radius 3 is 2.43 bits per heavy atom. The lowest BCUT2D eigenvalue weighted by Crippen LogP contribution is -2.29. The standard InChI is InChI=1S/C22H34N2O3S/c1-7-19(25)9-8-14-27-20-12-10-18(11-13-20)17(4)23-24-21(26)15-22(5,6)28-16(2)3/h10-13,16H,7-9,14-15H2,1-6H3,(H,24,26)/b23-17+. The number of nitrogens with zero attached hydrogens (tertiary/aromatic N) is 1. The summed E-state index contributed by atoms with van der Waals surface area (Å²) in [5, 5.41) is 4.69. The number of amides is 1. The number of benzene rings is 1. The third-order valence-electron chi connectivity index (χ3n) is 4.02. The summed E-state index contributed by atoms with van der Waals surface area (Å²) in [4.78, 5) is 23.4. The minimum Gasteiger partial charge on any atom is -0.494 e. The van der Waals surface area contributed by atoms with E-state index < -0.39 is 0 Å². The number of hydrogen-bond donors (Lipinski definition) is 1. The third kappa shape index (κ3) is 9.93. The normalized spacial score (nSPS) is 12.2. The Kier molecular flexibility index (Phi) is 10.3. The summed E-state index contributed by atoms with van der Waals surface area (Å²) in [6, 6.07) is 7.58. The van der Waals surface area contributed by atoms with E-state index in [4.69, 9.17) is 4.74 Å². The predicted octanol–water partition coefficient (Wildman–Crippen LogP) is 4.98. The Morgan fingerprint density at radius 2 is 1.86 bits per heavy atom. The second kappa shape index (κ2) is 11.9. The van der Waals surface area contributed by atoms with Gasteiger partial charge in [0.1, 0.15) is 11.5 Å². The van der Waals surface area contributed by atoms with E-state index in [1.54, 1.807) is 11.8 Å². The molecule has 0 aliphatic heterocycles. The lowest BCUT2D eigenvalue weighted by molar-refractivity contribution is -0.121. The molecule has 6 heteroatoms. The van der Waals surface area contributed by atoms with Crippen molar-refractivity contribution in [3.8, 4) is 5.75 Å². The fourth-order valence-corrected chi connectivity index (χ4v) is 4.24. The Bertz CT molecular complexity index is 667. The van der Waals surface area contributed by atoms with Crippen molar-refractivity contribution in [3.63, 3.8) is 0 Å². The van der Waals surface area contributed by atoms with Gasteiger partial charge in [0, 0.05) is 24.0 Å². The number of carbonyl (C=O) groups excluding carboxylic acids is 2. The van der Waals surface area contributed by atoms with E-state index in [1.165, 1.54) is 0 Å². The number of hydrazone groups is 1. The van der Waals surface area contributed by atoms with Crippen LogP contribution in [0.1, 0.15) is 72.8 Å². The number of Topliss-reactive ketones (excluding diaryl/α,β-unsaturated/α-hetero) is 1. The number of nitrogens with one attached hydrogen (secondary N) is 1. The molecule has 0 bridgehead atoms. The average Bonchev–Trinajstić information content (AvgIpc) is 2.62. The Labute approximate surface area is 173 Å². The van der Waals surface area contributed by atoms with Gasteiger partial charge in [-0.1, -0.05) is 34.6 Å². The number of hydrogen-bond acceptors (Lipinski definition) is 5. The molecular weight excluding hydrogens is 372 g/mol. The maximum atomic E-state index is 12.2. The highest BCUT2D eigenvalue weighted by molar-refractivity contribution is 8.01. The highest BCUT2D eigenvalue weighted by Crippen LogP contribution is 2.31. The van der Waals surface area contributed by atoms with E-state index in [0.717, 1.165) is 23.4 Å². The number of rotatable bonds is 12. The first kappa shape index (κ1) is 24.2. The molecule has 0 heterocycles. The first-order valence-electron chi connectivity index (χ1n) is 9.89. The summed E-state index contributed by atoms with van der Waals surface area (Å²) in [7, 11) is 0. The molecular formula is C22H34N2O3S. The van der Waals surface area contributed by atoms with Gasteiger partial charge in [0.2, 0.25) is 5.91 Å². The zero-order chi connectivity index (χ0) is 21.2. The molecule has 0 radical (unpaired) electrons. The molecule has 5 nitrogen and oxygen atoms in total. The number of thioether (sulfide) groups is 1. The van der Waals surface area contributed by atoms with Crippen molar-refractivity contribution >= 4 is 29.2 Å². The lowest BCUT2D eigenvalue weighted by Gasteiger charge is -2.25. The van der Waals surface area contributed by atoms with Gasteiger partial charge in [-0.15, -0.1) is 0 Å². The van der Waals surface area contributed by atoms with Crippen LogP contribution in [0.2, 0.25) is 0 Å². The summed E-state index contributed by atoms with van der Waals surface area (Å²) >= 11 is 1.79. The molecule has 156 valence electrons. The number of ether oxygens (including phenoxy) is 1. The molecule has 0 unspecified atom stereocenters. The van der Waals surface area contributed by atoms with Crippen LogP contribution in [0.25, 0.3) is 0 Å². The summed E-state index contributed by atoms with van der Waals surface area (Å²) in [5.74, 6) is 0.940. The zero-order valence-corrected chi connectivity index (χ0v) is 18.8. The lowest BCUT2D eigenvalue weighted by atomic mass is 10.1. The van der Waals surface area contributed by atoms with Crippen molar-refractivity contribution in [1.82, 2.24) is 5.43 Å². The highest BCUT2D eigenvalue weighted by atomic mass is 32.2. The topological polar surface area (TPSA) is 67.8 Å². The Balaban J connectivity index is 2.49.